The molecule has 4 aliphatic rings. The summed E-state index contributed by atoms with van der Waals surface area (Å²) < 4.78 is 0. The molecule has 0 bridgehead atoms. The van der Waals surface area contributed by atoms with E-state index in [4.69, 9.17) is 4.99 Å². The minimum Gasteiger partial charge on any atom is -0.369 e. The Morgan fingerprint density at radius 3 is 2.70 bits per heavy atom. The summed E-state index contributed by atoms with van der Waals surface area (Å²) >= 11 is 0. The Kier molecular flexibility index (Phi) is 4.97. The third-order valence-electron chi connectivity index (χ3n) is 6.15. The number of piperazine rings is 1. The maximum atomic E-state index is 12.8. The van der Waals surface area contributed by atoms with Gasteiger partial charge in [-0.2, -0.15) is 0 Å². The molecule has 5 nitrogen and oxygen atoms in total. The quantitative estimate of drug-likeness (QED) is 0.729. The number of fused-ring (bicyclic) bond motifs is 2. The van der Waals surface area contributed by atoms with Crippen LogP contribution in [0.25, 0.3) is 11.3 Å². The normalized spacial score (nSPS) is 17.0. The molecule has 1 N–H and O–H groups in total. The largest absolute Gasteiger partial charge is 0.369 e. The standard InChI is InChI=1S/C25H26N4O/c1-2-28-13-15-29(16-14-28)19-12-11-18-7-6-10-22(26-23(18)17-19)24-20-8-4-3-5-9-21(20)27-25(24)30/h3-6,8-12,17H,2,7,13-16H2,1H3,(H,27,30). The van der Waals surface area contributed by atoms with Gasteiger partial charge in [0.25, 0.3) is 5.56 Å². The van der Waals surface area contributed by atoms with Crippen LogP contribution in [0, 0.1) is 0 Å². The van der Waals surface area contributed by atoms with E-state index in [0.717, 1.165) is 61.8 Å². The molecule has 1 aromatic rings. The summed E-state index contributed by atoms with van der Waals surface area (Å²) in [6.07, 6.45) is 4.90. The van der Waals surface area contributed by atoms with Gasteiger partial charge < -0.3 is 14.8 Å². The molecule has 1 fully saturated rings. The first-order valence-electron chi connectivity index (χ1n) is 10.7. The molecule has 0 atom stereocenters. The third kappa shape index (κ3) is 3.46. The van der Waals surface area contributed by atoms with E-state index < -0.39 is 0 Å². The summed E-state index contributed by atoms with van der Waals surface area (Å²) in [5.41, 5.74) is 6.38. The lowest BCUT2D eigenvalue weighted by atomic mass is 10.1. The van der Waals surface area contributed by atoms with Gasteiger partial charge in [0.15, 0.2) is 0 Å². The van der Waals surface area contributed by atoms with Crippen LogP contribution in [0.3, 0.4) is 0 Å². The molecule has 0 unspecified atom stereocenters. The molecule has 5 heteroatoms. The topological polar surface area (TPSA) is 51.7 Å². The lowest BCUT2D eigenvalue weighted by Crippen LogP contribution is -2.46. The molecule has 152 valence electrons. The summed E-state index contributed by atoms with van der Waals surface area (Å²) in [6, 6.07) is 16.3. The molecule has 5 rings (SSSR count). The Labute approximate surface area is 176 Å². The minimum atomic E-state index is -0.0881. The van der Waals surface area contributed by atoms with Crippen molar-refractivity contribution >= 4 is 17.1 Å². The number of hydrogen-bond donors (Lipinski definition) is 1. The van der Waals surface area contributed by atoms with Crippen molar-refractivity contribution in [1.29, 1.82) is 0 Å². The number of nitrogens with zero attached hydrogens (tertiary/aromatic N) is 3. The van der Waals surface area contributed by atoms with Crippen molar-refractivity contribution in [3.8, 4) is 11.3 Å². The van der Waals surface area contributed by atoms with E-state index in [-0.39, 0.29) is 5.56 Å². The van der Waals surface area contributed by atoms with E-state index in [2.05, 4.69) is 46.0 Å². The number of aromatic amines is 1. The zero-order chi connectivity index (χ0) is 20.5. The second-order valence-corrected chi connectivity index (χ2v) is 7.91. The fraction of sp³-hybridized carbons (Fsp3) is 0.280. The molecule has 30 heavy (non-hydrogen) atoms. The molecule has 3 aliphatic heterocycles. The van der Waals surface area contributed by atoms with Crippen molar-refractivity contribution in [2.24, 2.45) is 4.99 Å². The van der Waals surface area contributed by atoms with Crippen LogP contribution < -0.4 is 10.5 Å². The van der Waals surface area contributed by atoms with Gasteiger partial charge in [-0.15, -0.1) is 0 Å². The first kappa shape index (κ1) is 18.8. The van der Waals surface area contributed by atoms with Crippen LogP contribution in [0.15, 0.2) is 70.5 Å². The van der Waals surface area contributed by atoms with E-state index in [0.29, 0.717) is 5.56 Å². The summed E-state index contributed by atoms with van der Waals surface area (Å²) in [4.78, 5) is 25.6. The Bertz CT molecular complexity index is 1150. The number of H-pyrrole nitrogens is 1. The van der Waals surface area contributed by atoms with Crippen molar-refractivity contribution in [1.82, 2.24) is 9.88 Å². The Morgan fingerprint density at radius 1 is 1.03 bits per heavy atom. The zero-order valence-corrected chi connectivity index (χ0v) is 17.3. The third-order valence-corrected chi connectivity index (χ3v) is 6.15. The molecule has 0 amide bonds. The van der Waals surface area contributed by atoms with Gasteiger partial charge in [0.1, 0.15) is 0 Å². The van der Waals surface area contributed by atoms with Gasteiger partial charge in [-0.05, 0) is 42.8 Å². The first-order chi connectivity index (χ1) is 14.7. The second-order valence-electron chi connectivity index (χ2n) is 7.91. The molecule has 1 aliphatic carbocycles. The number of nitrogens with one attached hydrogen (secondary N) is 1. The average molecular weight is 399 g/mol. The number of aromatic nitrogens is 1. The Balaban J connectivity index is 1.53. The summed E-state index contributed by atoms with van der Waals surface area (Å²) in [5, 5.41) is 0. The van der Waals surface area contributed by atoms with Crippen molar-refractivity contribution in [3.05, 3.63) is 82.2 Å². The molecular weight excluding hydrogens is 372 g/mol. The molecule has 1 aromatic carbocycles. The fourth-order valence-corrected chi connectivity index (χ4v) is 4.39. The van der Waals surface area contributed by atoms with E-state index in [1.807, 2.05) is 36.4 Å². The molecule has 0 spiro atoms. The lowest BCUT2D eigenvalue weighted by Gasteiger charge is -2.35. The number of likely N-dealkylation sites (N-methyl/N-ethyl adjacent to an activating group) is 1. The van der Waals surface area contributed by atoms with Crippen molar-refractivity contribution in [2.45, 2.75) is 13.3 Å². The second kappa shape index (κ2) is 7.92. The van der Waals surface area contributed by atoms with Crippen LogP contribution >= 0.6 is 0 Å². The molecule has 0 radical (unpaired) electrons. The average Bonchev–Trinajstić information content (AvgIpc) is 2.94. The van der Waals surface area contributed by atoms with Crippen LogP contribution in [0.2, 0.25) is 0 Å². The van der Waals surface area contributed by atoms with Crippen molar-refractivity contribution in [2.75, 3.05) is 37.6 Å². The maximum Gasteiger partial charge on any atom is 0.258 e. The smallest absolute Gasteiger partial charge is 0.258 e. The summed E-state index contributed by atoms with van der Waals surface area (Å²) in [6.45, 7) is 7.58. The van der Waals surface area contributed by atoms with Gasteiger partial charge in [-0.1, -0.05) is 43.3 Å². The highest BCUT2D eigenvalue weighted by molar-refractivity contribution is 6.14. The van der Waals surface area contributed by atoms with Crippen LogP contribution in [0.5, 0.6) is 0 Å². The monoisotopic (exact) mass is 398 g/mol. The molecule has 0 saturated carbocycles. The van der Waals surface area contributed by atoms with Gasteiger partial charge >= 0.3 is 0 Å². The van der Waals surface area contributed by atoms with Crippen LogP contribution in [0.1, 0.15) is 18.1 Å². The molecule has 3 heterocycles. The number of hydrogen-bond acceptors (Lipinski definition) is 4. The van der Waals surface area contributed by atoms with E-state index in [9.17, 15) is 4.79 Å². The van der Waals surface area contributed by atoms with Crippen LogP contribution in [-0.4, -0.2) is 48.3 Å². The van der Waals surface area contributed by atoms with E-state index in [1.54, 1.807) is 0 Å². The van der Waals surface area contributed by atoms with Gasteiger partial charge in [-0.25, -0.2) is 4.99 Å². The zero-order valence-electron chi connectivity index (χ0n) is 17.3. The van der Waals surface area contributed by atoms with E-state index >= 15 is 0 Å². The minimum absolute atomic E-state index is 0.0881. The van der Waals surface area contributed by atoms with Crippen LogP contribution in [0.4, 0.5) is 11.4 Å². The number of aliphatic imine (C=N–C) groups is 1. The van der Waals surface area contributed by atoms with Crippen molar-refractivity contribution in [3.63, 3.8) is 0 Å². The number of benzene rings is 1. The highest BCUT2D eigenvalue weighted by Crippen LogP contribution is 2.31. The number of allylic oxidation sites excluding steroid dienone is 2. The van der Waals surface area contributed by atoms with Crippen molar-refractivity contribution < 1.29 is 0 Å². The Hall–Kier alpha value is -3.18. The summed E-state index contributed by atoms with van der Waals surface area (Å²) in [7, 11) is 0. The maximum absolute atomic E-state index is 12.8. The van der Waals surface area contributed by atoms with Gasteiger partial charge in [0, 0.05) is 43.1 Å². The molecule has 0 aromatic heterocycles. The SMILES string of the molecule is CCN1CCN(c2ccc3c(c2)N=C(c2c4cccccc-4[nH]c2=O)C=CC3)CC1. The first-order valence-corrected chi connectivity index (χ1v) is 10.7. The van der Waals surface area contributed by atoms with Crippen LogP contribution in [-0.2, 0) is 6.42 Å². The predicted octanol–water partition coefficient (Wildman–Crippen LogP) is 3.85. The molecule has 1 saturated heterocycles. The highest BCUT2D eigenvalue weighted by Gasteiger charge is 2.20. The summed E-state index contributed by atoms with van der Waals surface area (Å²) in [5.74, 6) is 0. The fourth-order valence-electron chi connectivity index (χ4n) is 4.39. The van der Waals surface area contributed by atoms with Gasteiger partial charge in [0.2, 0.25) is 0 Å². The van der Waals surface area contributed by atoms with Gasteiger partial charge in [-0.3, -0.25) is 4.79 Å². The number of anilines is 1. The lowest BCUT2D eigenvalue weighted by molar-refractivity contribution is 0.271. The number of rotatable bonds is 3. The Morgan fingerprint density at radius 2 is 1.87 bits per heavy atom. The predicted molar refractivity (Wildman–Crippen MR) is 123 cm³/mol. The highest BCUT2D eigenvalue weighted by atomic mass is 16.1. The molecular formula is C25H26N4O. The van der Waals surface area contributed by atoms with E-state index in [1.165, 1.54) is 11.3 Å². The van der Waals surface area contributed by atoms with Gasteiger partial charge in [0.05, 0.1) is 17.0 Å².